The molecule has 22 heavy (non-hydrogen) atoms. The Morgan fingerprint density at radius 3 is 2.50 bits per heavy atom. The first-order chi connectivity index (χ1) is 10.4. The first-order valence-corrected chi connectivity index (χ1v) is 6.71. The number of alkyl halides is 3. The van der Waals surface area contributed by atoms with E-state index in [1.807, 2.05) is 6.92 Å². The maximum atomic E-state index is 12.5. The quantitative estimate of drug-likeness (QED) is 0.909. The predicted molar refractivity (Wildman–Crippen MR) is 72.9 cm³/mol. The van der Waals surface area contributed by atoms with Gasteiger partial charge in [0.1, 0.15) is 0 Å². The molecule has 2 rings (SSSR count). The molecule has 5 nitrogen and oxygen atoms in total. The minimum absolute atomic E-state index is 0.0412. The number of carbonyl (C=O) groups excluding carboxylic acids is 1. The van der Waals surface area contributed by atoms with Gasteiger partial charge in [-0.1, -0.05) is 18.4 Å². The Morgan fingerprint density at radius 1 is 1.23 bits per heavy atom. The molecule has 0 atom stereocenters. The van der Waals surface area contributed by atoms with E-state index in [2.05, 4.69) is 15.5 Å². The number of benzene rings is 1. The lowest BCUT2D eigenvalue weighted by molar-refractivity contribution is -0.137. The molecule has 1 aromatic heterocycles. The van der Waals surface area contributed by atoms with Crippen molar-refractivity contribution in [3.05, 3.63) is 29.8 Å². The van der Waals surface area contributed by atoms with Crippen LogP contribution in [-0.4, -0.2) is 16.1 Å². The van der Waals surface area contributed by atoms with Gasteiger partial charge >= 0.3 is 12.2 Å². The lowest BCUT2D eigenvalue weighted by Gasteiger charge is -2.05. The number of rotatable bonds is 5. The normalized spacial score (nSPS) is 11.5. The van der Waals surface area contributed by atoms with Crippen molar-refractivity contribution < 1.29 is 22.4 Å². The number of hydrogen-bond donors (Lipinski definition) is 1. The van der Waals surface area contributed by atoms with Crippen LogP contribution < -0.4 is 5.32 Å². The molecule has 1 N–H and O–H groups in total. The van der Waals surface area contributed by atoms with Crippen molar-refractivity contribution >= 4 is 11.9 Å². The minimum Gasteiger partial charge on any atom is -0.403 e. The van der Waals surface area contributed by atoms with E-state index in [9.17, 15) is 18.0 Å². The Hall–Kier alpha value is -2.38. The fourth-order valence-corrected chi connectivity index (χ4v) is 1.71. The highest BCUT2D eigenvalue weighted by Crippen LogP contribution is 2.30. The van der Waals surface area contributed by atoms with Gasteiger partial charge in [0, 0.05) is 12.0 Å². The van der Waals surface area contributed by atoms with E-state index in [1.54, 1.807) is 0 Å². The van der Waals surface area contributed by atoms with Crippen molar-refractivity contribution in [1.29, 1.82) is 0 Å². The minimum atomic E-state index is -4.40. The van der Waals surface area contributed by atoms with E-state index in [0.717, 1.165) is 25.0 Å². The molecule has 0 spiro atoms. The average molecular weight is 313 g/mol. The monoisotopic (exact) mass is 313 g/mol. The summed E-state index contributed by atoms with van der Waals surface area (Å²) in [6.45, 7) is 1.96. The summed E-state index contributed by atoms with van der Waals surface area (Å²) >= 11 is 0. The lowest BCUT2D eigenvalue weighted by atomic mass is 10.1. The van der Waals surface area contributed by atoms with Gasteiger partial charge in [0.15, 0.2) is 0 Å². The standard InChI is InChI=1S/C14H14F3N3O2/c1-2-3-4-11(21)18-13-20-19-12(22-13)9-5-7-10(8-6-9)14(15,16)17/h5-8H,2-4H2,1H3,(H,18,20,21). The van der Waals surface area contributed by atoms with Gasteiger partial charge in [-0.25, -0.2) is 0 Å². The molecule has 0 radical (unpaired) electrons. The third kappa shape index (κ3) is 4.06. The molecule has 8 heteroatoms. The van der Waals surface area contributed by atoms with Crippen molar-refractivity contribution in [3.63, 3.8) is 0 Å². The maximum absolute atomic E-state index is 12.5. The summed E-state index contributed by atoms with van der Waals surface area (Å²) in [6, 6.07) is 4.26. The lowest BCUT2D eigenvalue weighted by Crippen LogP contribution is -2.11. The van der Waals surface area contributed by atoms with Crippen LogP contribution in [0.1, 0.15) is 31.7 Å². The number of anilines is 1. The van der Waals surface area contributed by atoms with Crippen LogP contribution in [0.15, 0.2) is 28.7 Å². The number of amides is 1. The smallest absolute Gasteiger partial charge is 0.403 e. The fourth-order valence-electron chi connectivity index (χ4n) is 1.71. The summed E-state index contributed by atoms with van der Waals surface area (Å²) in [7, 11) is 0. The molecule has 1 aromatic carbocycles. The number of nitrogens with zero attached hydrogens (tertiary/aromatic N) is 2. The maximum Gasteiger partial charge on any atom is 0.416 e. The van der Waals surface area contributed by atoms with Gasteiger partial charge in [-0.2, -0.15) is 13.2 Å². The molecule has 1 heterocycles. The predicted octanol–water partition coefficient (Wildman–Crippen LogP) is 3.88. The van der Waals surface area contributed by atoms with Crippen molar-refractivity contribution in [1.82, 2.24) is 10.2 Å². The summed E-state index contributed by atoms with van der Waals surface area (Å²) in [5.41, 5.74) is -0.418. The topological polar surface area (TPSA) is 68.0 Å². The number of hydrogen-bond acceptors (Lipinski definition) is 4. The highest BCUT2D eigenvalue weighted by Gasteiger charge is 2.30. The van der Waals surface area contributed by atoms with Crippen molar-refractivity contribution in [2.45, 2.75) is 32.4 Å². The van der Waals surface area contributed by atoms with Gasteiger partial charge in [0.25, 0.3) is 0 Å². The SMILES string of the molecule is CCCCC(=O)Nc1nnc(-c2ccc(C(F)(F)F)cc2)o1. The second-order valence-corrected chi connectivity index (χ2v) is 4.64. The zero-order valence-electron chi connectivity index (χ0n) is 11.8. The second-order valence-electron chi connectivity index (χ2n) is 4.64. The molecular weight excluding hydrogens is 299 g/mol. The van der Waals surface area contributed by atoms with Gasteiger partial charge in [-0.15, -0.1) is 5.10 Å². The van der Waals surface area contributed by atoms with Crippen LogP contribution >= 0.6 is 0 Å². The third-order valence-corrected chi connectivity index (χ3v) is 2.89. The molecule has 0 aliphatic heterocycles. The van der Waals surface area contributed by atoms with E-state index in [1.165, 1.54) is 12.1 Å². The van der Waals surface area contributed by atoms with Crippen LogP contribution in [0.5, 0.6) is 0 Å². The molecule has 0 bridgehead atoms. The summed E-state index contributed by atoms with van der Waals surface area (Å²) in [5, 5.41) is 9.78. The number of carbonyl (C=O) groups is 1. The highest BCUT2D eigenvalue weighted by molar-refractivity contribution is 5.88. The van der Waals surface area contributed by atoms with Gasteiger partial charge in [-0.3, -0.25) is 10.1 Å². The second kappa shape index (κ2) is 6.59. The third-order valence-electron chi connectivity index (χ3n) is 2.89. The van der Waals surface area contributed by atoms with Crippen LogP contribution in [0.4, 0.5) is 19.2 Å². The van der Waals surface area contributed by atoms with Crippen LogP contribution in [0.3, 0.4) is 0 Å². The van der Waals surface area contributed by atoms with E-state index in [-0.39, 0.29) is 17.8 Å². The van der Waals surface area contributed by atoms with Crippen LogP contribution in [-0.2, 0) is 11.0 Å². The average Bonchev–Trinajstić information content (AvgIpc) is 2.93. The summed E-state index contributed by atoms with van der Waals surface area (Å²) in [4.78, 5) is 11.5. The molecule has 0 unspecified atom stereocenters. The Morgan fingerprint density at radius 2 is 1.91 bits per heavy atom. The number of unbranched alkanes of at least 4 members (excludes halogenated alkanes) is 1. The molecule has 1 amide bonds. The van der Waals surface area contributed by atoms with E-state index >= 15 is 0 Å². The molecule has 2 aromatic rings. The zero-order chi connectivity index (χ0) is 16.2. The molecular formula is C14H14F3N3O2. The van der Waals surface area contributed by atoms with Crippen molar-refractivity contribution in [2.24, 2.45) is 0 Å². The highest BCUT2D eigenvalue weighted by atomic mass is 19.4. The molecule has 0 aliphatic rings. The van der Waals surface area contributed by atoms with Gasteiger partial charge < -0.3 is 4.42 Å². The summed E-state index contributed by atoms with van der Waals surface area (Å²) < 4.78 is 42.6. The molecule has 0 fully saturated rings. The molecule has 0 saturated heterocycles. The van der Waals surface area contributed by atoms with Crippen LogP contribution in [0.2, 0.25) is 0 Å². The van der Waals surface area contributed by atoms with Gasteiger partial charge in [0.05, 0.1) is 5.56 Å². The number of halogens is 3. The fraction of sp³-hybridized carbons (Fsp3) is 0.357. The van der Waals surface area contributed by atoms with Crippen LogP contribution in [0, 0.1) is 0 Å². The van der Waals surface area contributed by atoms with E-state index in [4.69, 9.17) is 4.42 Å². The number of nitrogens with one attached hydrogen (secondary N) is 1. The van der Waals surface area contributed by atoms with E-state index < -0.39 is 11.7 Å². The van der Waals surface area contributed by atoms with E-state index in [0.29, 0.717) is 12.0 Å². The Bertz CT molecular complexity index is 636. The van der Waals surface area contributed by atoms with Gasteiger partial charge in [-0.05, 0) is 30.7 Å². The Kier molecular flexibility index (Phi) is 4.79. The van der Waals surface area contributed by atoms with Crippen molar-refractivity contribution in [2.75, 3.05) is 5.32 Å². The van der Waals surface area contributed by atoms with Gasteiger partial charge in [0.2, 0.25) is 11.8 Å². The van der Waals surface area contributed by atoms with Crippen molar-refractivity contribution in [3.8, 4) is 11.5 Å². The first-order valence-electron chi connectivity index (χ1n) is 6.71. The summed E-state index contributed by atoms with van der Waals surface area (Å²) in [5.74, 6) is -0.205. The number of aromatic nitrogens is 2. The summed E-state index contributed by atoms with van der Waals surface area (Å²) in [6.07, 6.45) is -2.43. The van der Waals surface area contributed by atoms with Crippen LogP contribution in [0.25, 0.3) is 11.5 Å². The Balaban J connectivity index is 2.06. The molecule has 0 saturated carbocycles. The molecule has 118 valence electrons. The zero-order valence-corrected chi connectivity index (χ0v) is 11.8. The Labute approximate surface area is 124 Å². The largest absolute Gasteiger partial charge is 0.416 e. The first kappa shape index (κ1) is 16.0. The molecule has 0 aliphatic carbocycles.